The van der Waals surface area contributed by atoms with E-state index in [-0.39, 0.29) is 0 Å². The first-order valence-electron chi connectivity index (χ1n) is 4.24. The lowest BCUT2D eigenvalue weighted by molar-refractivity contribution is 0.325. The van der Waals surface area contributed by atoms with Crippen molar-refractivity contribution in [3.8, 4) is 16.5 Å². The van der Waals surface area contributed by atoms with Gasteiger partial charge in [0.05, 0.1) is 29.4 Å². The zero-order chi connectivity index (χ0) is 9.80. The van der Waals surface area contributed by atoms with Crippen LogP contribution in [0.15, 0.2) is 24.1 Å². The van der Waals surface area contributed by atoms with E-state index in [0.29, 0.717) is 12.5 Å². The molecule has 0 radical (unpaired) electrons. The molecular weight excluding hydrogens is 198 g/mol. The molecule has 0 aliphatic heterocycles. The summed E-state index contributed by atoms with van der Waals surface area (Å²) in [5.74, 6) is 0.554. The number of hydrogen-bond acceptors (Lipinski definition) is 5. The Balaban J connectivity index is 2.31. The van der Waals surface area contributed by atoms with Gasteiger partial charge >= 0.3 is 0 Å². The second kappa shape index (κ2) is 4.15. The van der Waals surface area contributed by atoms with Crippen LogP contribution in [0.5, 0.6) is 5.88 Å². The third-order valence-electron chi connectivity index (χ3n) is 1.59. The van der Waals surface area contributed by atoms with Crippen LogP contribution >= 0.6 is 11.3 Å². The van der Waals surface area contributed by atoms with Gasteiger partial charge in [0.1, 0.15) is 5.69 Å². The molecule has 2 rings (SSSR count). The largest absolute Gasteiger partial charge is 0.477 e. The van der Waals surface area contributed by atoms with Crippen LogP contribution in [0.25, 0.3) is 10.6 Å². The van der Waals surface area contributed by atoms with E-state index in [9.17, 15) is 0 Å². The van der Waals surface area contributed by atoms with Crippen molar-refractivity contribution in [3.05, 3.63) is 24.1 Å². The highest BCUT2D eigenvalue weighted by Crippen LogP contribution is 2.21. The molecule has 5 heteroatoms. The van der Waals surface area contributed by atoms with Crippen LogP contribution in [0.3, 0.4) is 0 Å². The lowest BCUT2D eigenvalue weighted by Gasteiger charge is -2.01. The highest BCUT2D eigenvalue weighted by atomic mass is 32.1. The predicted octanol–water partition coefficient (Wildman–Crippen LogP) is 2.00. The maximum atomic E-state index is 5.26. The van der Waals surface area contributed by atoms with Crippen LogP contribution in [0.1, 0.15) is 6.92 Å². The molecule has 0 fully saturated rings. The van der Waals surface area contributed by atoms with E-state index in [1.165, 1.54) is 11.3 Å². The Hall–Kier alpha value is -1.49. The minimum Gasteiger partial charge on any atom is -0.477 e. The van der Waals surface area contributed by atoms with Crippen molar-refractivity contribution in [1.82, 2.24) is 15.0 Å². The Bertz CT molecular complexity index is 402. The van der Waals surface area contributed by atoms with Gasteiger partial charge in [-0.1, -0.05) is 0 Å². The molecule has 2 aromatic heterocycles. The molecule has 72 valence electrons. The fourth-order valence-corrected chi connectivity index (χ4v) is 1.60. The van der Waals surface area contributed by atoms with Crippen molar-refractivity contribution >= 4 is 11.3 Å². The molecule has 14 heavy (non-hydrogen) atoms. The van der Waals surface area contributed by atoms with Gasteiger partial charge in [0, 0.05) is 6.20 Å². The van der Waals surface area contributed by atoms with E-state index >= 15 is 0 Å². The Kier molecular flexibility index (Phi) is 2.69. The first-order chi connectivity index (χ1) is 6.90. The number of nitrogens with zero attached hydrogens (tertiary/aromatic N) is 3. The molecule has 0 saturated carbocycles. The number of hydrogen-bond donors (Lipinski definition) is 0. The fraction of sp³-hybridized carbons (Fsp3) is 0.222. The lowest BCUT2D eigenvalue weighted by atomic mass is 10.4. The van der Waals surface area contributed by atoms with Crippen LogP contribution in [0.4, 0.5) is 0 Å². The maximum Gasteiger partial charge on any atom is 0.232 e. The van der Waals surface area contributed by atoms with Crippen molar-refractivity contribution < 1.29 is 4.74 Å². The van der Waals surface area contributed by atoms with Crippen molar-refractivity contribution in [2.75, 3.05) is 6.61 Å². The summed E-state index contributed by atoms with van der Waals surface area (Å²) in [6.07, 6.45) is 5.08. The Morgan fingerprint density at radius 2 is 2.21 bits per heavy atom. The zero-order valence-electron chi connectivity index (χ0n) is 7.67. The summed E-state index contributed by atoms with van der Waals surface area (Å²) in [6, 6.07) is 0. The highest BCUT2D eigenvalue weighted by Gasteiger charge is 2.03. The lowest BCUT2D eigenvalue weighted by Crippen LogP contribution is -1.95. The molecule has 4 nitrogen and oxygen atoms in total. The number of rotatable bonds is 3. The van der Waals surface area contributed by atoms with Gasteiger partial charge in [-0.25, -0.2) is 4.98 Å². The van der Waals surface area contributed by atoms with E-state index in [4.69, 9.17) is 4.74 Å². The summed E-state index contributed by atoms with van der Waals surface area (Å²) in [6.45, 7) is 2.52. The molecule has 0 atom stereocenters. The van der Waals surface area contributed by atoms with E-state index in [2.05, 4.69) is 15.0 Å². The summed E-state index contributed by atoms with van der Waals surface area (Å²) < 4.78 is 5.26. The molecule has 0 N–H and O–H groups in total. The van der Waals surface area contributed by atoms with Crippen molar-refractivity contribution in [2.45, 2.75) is 6.92 Å². The van der Waals surface area contributed by atoms with Crippen LogP contribution in [0, 0.1) is 0 Å². The summed E-state index contributed by atoms with van der Waals surface area (Å²) in [7, 11) is 0. The molecule has 0 bridgehead atoms. The molecular formula is C9H9N3OS. The molecule has 0 aliphatic carbocycles. The Labute approximate surface area is 85.6 Å². The molecule has 2 heterocycles. The second-order valence-corrected chi connectivity index (χ2v) is 3.43. The molecule has 0 amide bonds. The Morgan fingerprint density at radius 1 is 1.29 bits per heavy atom. The van der Waals surface area contributed by atoms with E-state index in [1.807, 2.05) is 6.92 Å². The number of ether oxygens (including phenoxy) is 1. The van der Waals surface area contributed by atoms with Crippen molar-refractivity contribution in [2.24, 2.45) is 0 Å². The van der Waals surface area contributed by atoms with Gasteiger partial charge in [0.25, 0.3) is 0 Å². The third-order valence-corrected chi connectivity index (χ3v) is 2.39. The van der Waals surface area contributed by atoms with Gasteiger partial charge in [-0.15, -0.1) is 11.3 Å². The monoisotopic (exact) mass is 207 g/mol. The van der Waals surface area contributed by atoms with Gasteiger partial charge in [-0.05, 0) is 6.92 Å². The summed E-state index contributed by atoms with van der Waals surface area (Å²) in [5.41, 5.74) is 2.57. The van der Waals surface area contributed by atoms with Gasteiger partial charge < -0.3 is 4.74 Å². The Morgan fingerprint density at radius 3 is 2.93 bits per heavy atom. The fourth-order valence-electron chi connectivity index (χ4n) is 1.03. The van der Waals surface area contributed by atoms with Gasteiger partial charge in [-0.3, -0.25) is 9.97 Å². The topological polar surface area (TPSA) is 47.9 Å². The molecule has 0 unspecified atom stereocenters. The molecule has 0 spiro atoms. The summed E-state index contributed by atoms with van der Waals surface area (Å²) in [5, 5.41) is 0. The quantitative estimate of drug-likeness (QED) is 0.772. The van der Waals surface area contributed by atoms with Crippen LogP contribution < -0.4 is 4.74 Å². The van der Waals surface area contributed by atoms with Crippen molar-refractivity contribution in [1.29, 1.82) is 0 Å². The average Bonchev–Trinajstić information content (AvgIpc) is 2.71. The third kappa shape index (κ3) is 1.88. The van der Waals surface area contributed by atoms with Crippen LogP contribution in [-0.4, -0.2) is 21.6 Å². The van der Waals surface area contributed by atoms with Crippen molar-refractivity contribution in [3.63, 3.8) is 0 Å². The van der Waals surface area contributed by atoms with E-state index in [1.54, 1.807) is 24.1 Å². The van der Waals surface area contributed by atoms with E-state index in [0.717, 1.165) is 10.6 Å². The molecule has 0 saturated heterocycles. The first-order valence-corrected chi connectivity index (χ1v) is 5.12. The summed E-state index contributed by atoms with van der Waals surface area (Å²) in [4.78, 5) is 13.3. The van der Waals surface area contributed by atoms with Crippen LogP contribution in [0.2, 0.25) is 0 Å². The highest BCUT2D eigenvalue weighted by molar-refractivity contribution is 7.13. The molecule has 2 aromatic rings. The minimum absolute atomic E-state index is 0.554. The van der Waals surface area contributed by atoms with Crippen LogP contribution in [-0.2, 0) is 0 Å². The number of thiazole rings is 1. The van der Waals surface area contributed by atoms with E-state index < -0.39 is 0 Å². The normalized spacial score (nSPS) is 10.1. The van der Waals surface area contributed by atoms with Gasteiger partial charge in [-0.2, -0.15) is 0 Å². The number of aromatic nitrogens is 3. The minimum atomic E-state index is 0.554. The standard InChI is InChI=1S/C9H9N3OS/c1-2-13-9-5-10-3-7(12-9)8-4-11-6-14-8/h3-6H,2H2,1H3. The second-order valence-electron chi connectivity index (χ2n) is 2.54. The molecule has 0 aliphatic rings. The SMILES string of the molecule is CCOc1cncc(-c2cncs2)n1. The first kappa shape index (κ1) is 9.08. The molecule has 0 aromatic carbocycles. The summed E-state index contributed by atoms with van der Waals surface area (Å²) >= 11 is 1.53. The average molecular weight is 207 g/mol. The predicted molar refractivity (Wildman–Crippen MR) is 54.3 cm³/mol. The van der Waals surface area contributed by atoms with Gasteiger partial charge in [0.2, 0.25) is 5.88 Å². The zero-order valence-corrected chi connectivity index (χ0v) is 8.49. The van der Waals surface area contributed by atoms with Gasteiger partial charge in [0.15, 0.2) is 0 Å². The smallest absolute Gasteiger partial charge is 0.232 e. The maximum absolute atomic E-state index is 5.26.